The van der Waals surface area contributed by atoms with Crippen molar-refractivity contribution in [3.05, 3.63) is 51.1 Å². The number of hydrogen-bond acceptors (Lipinski definition) is 5. The van der Waals surface area contributed by atoms with Gasteiger partial charge in [-0.15, -0.1) is 0 Å². The number of carbonyl (C=O) groups is 1. The molecule has 0 fully saturated rings. The van der Waals surface area contributed by atoms with Gasteiger partial charge in [0, 0.05) is 22.3 Å². The number of carbonyl (C=O) groups excluding carboxylic acids is 1. The van der Waals surface area contributed by atoms with Crippen LogP contribution in [-0.4, -0.2) is 18.4 Å². The van der Waals surface area contributed by atoms with Crippen LogP contribution in [0.4, 0.5) is 5.82 Å². The topological polar surface area (TPSA) is 75.0 Å². The second kappa shape index (κ2) is 7.32. The third kappa shape index (κ3) is 3.73. The van der Waals surface area contributed by atoms with E-state index >= 15 is 0 Å². The molecule has 0 saturated carbocycles. The molecule has 0 aliphatic rings. The molecule has 23 heavy (non-hydrogen) atoms. The quantitative estimate of drug-likeness (QED) is 0.816. The van der Waals surface area contributed by atoms with Crippen LogP contribution in [0.15, 0.2) is 24.4 Å². The Hall–Kier alpha value is -2.29. The first-order chi connectivity index (χ1) is 11.0. The van der Waals surface area contributed by atoms with Gasteiger partial charge in [-0.05, 0) is 25.1 Å². The Bertz CT molecular complexity index is 788. The third-order valence-corrected chi connectivity index (χ3v) is 3.73. The van der Waals surface area contributed by atoms with Crippen LogP contribution in [0.2, 0.25) is 10.0 Å². The summed E-state index contributed by atoms with van der Waals surface area (Å²) in [4.78, 5) is 14.8. The number of nitrogens with zero attached hydrogens (tertiary/aromatic N) is 2. The highest BCUT2D eigenvalue weighted by Crippen LogP contribution is 2.34. The van der Waals surface area contributed by atoms with Crippen molar-refractivity contribution >= 4 is 35.3 Å². The zero-order chi connectivity index (χ0) is 17.0. The van der Waals surface area contributed by atoms with Gasteiger partial charge in [-0.2, -0.15) is 5.26 Å². The molecule has 2 aromatic rings. The fourth-order valence-corrected chi connectivity index (χ4v) is 2.61. The summed E-state index contributed by atoms with van der Waals surface area (Å²) in [5, 5.41) is 13.1. The maximum atomic E-state index is 10.7. The lowest BCUT2D eigenvalue weighted by molar-refractivity contribution is 0.112. The molecule has 0 saturated heterocycles. The molecule has 0 amide bonds. The molecule has 1 N–H and O–H groups in total. The third-order valence-electron chi connectivity index (χ3n) is 3.23. The van der Waals surface area contributed by atoms with Crippen LogP contribution in [-0.2, 0) is 0 Å². The van der Waals surface area contributed by atoms with Gasteiger partial charge in [0.25, 0.3) is 0 Å². The minimum atomic E-state index is -0.275. The largest absolute Gasteiger partial charge is 0.495 e. The summed E-state index contributed by atoms with van der Waals surface area (Å²) in [6.45, 7) is 1.86. The molecule has 118 valence electrons. The van der Waals surface area contributed by atoms with E-state index in [4.69, 9.17) is 27.9 Å². The lowest BCUT2D eigenvalue weighted by Crippen LogP contribution is -2.11. The van der Waals surface area contributed by atoms with Crippen molar-refractivity contribution in [3.8, 4) is 11.8 Å². The summed E-state index contributed by atoms with van der Waals surface area (Å²) in [7, 11) is 1.49. The number of nitriles is 1. The Labute approximate surface area is 143 Å². The van der Waals surface area contributed by atoms with Crippen molar-refractivity contribution in [2.45, 2.75) is 13.0 Å². The van der Waals surface area contributed by atoms with E-state index in [0.29, 0.717) is 44.6 Å². The zero-order valence-corrected chi connectivity index (χ0v) is 13.9. The second-order valence-corrected chi connectivity index (χ2v) is 5.61. The van der Waals surface area contributed by atoms with Crippen LogP contribution >= 0.6 is 23.2 Å². The Morgan fingerprint density at radius 1 is 1.39 bits per heavy atom. The number of ether oxygens (including phenoxy) is 1. The molecule has 0 radical (unpaired) electrons. The van der Waals surface area contributed by atoms with Crippen molar-refractivity contribution in [2.75, 3.05) is 12.4 Å². The number of pyridine rings is 1. The molecular weight excluding hydrogens is 337 g/mol. The Balaban J connectivity index is 2.38. The van der Waals surface area contributed by atoms with E-state index in [1.54, 1.807) is 12.1 Å². The SMILES string of the molecule is COc1c(C#N)cc(Cl)cc1[C@H](C)Nc1ncc(C=O)cc1Cl. The smallest absolute Gasteiger partial charge is 0.151 e. The number of aromatic nitrogens is 1. The second-order valence-electron chi connectivity index (χ2n) is 4.77. The van der Waals surface area contributed by atoms with Gasteiger partial charge in [0.2, 0.25) is 0 Å². The van der Waals surface area contributed by atoms with Gasteiger partial charge >= 0.3 is 0 Å². The van der Waals surface area contributed by atoms with Crippen molar-refractivity contribution in [2.24, 2.45) is 0 Å². The van der Waals surface area contributed by atoms with Crippen LogP contribution in [0, 0.1) is 11.3 Å². The first-order valence-corrected chi connectivity index (χ1v) is 7.40. The minimum absolute atomic E-state index is 0.275. The number of methoxy groups -OCH3 is 1. The van der Waals surface area contributed by atoms with Gasteiger partial charge in [-0.25, -0.2) is 4.98 Å². The van der Waals surface area contributed by atoms with E-state index in [9.17, 15) is 10.1 Å². The molecule has 0 bridgehead atoms. The zero-order valence-electron chi connectivity index (χ0n) is 12.4. The van der Waals surface area contributed by atoms with Crippen LogP contribution in [0.25, 0.3) is 0 Å². The van der Waals surface area contributed by atoms with Gasteiger partial charge in [0.05, 0.1) is 23.7 Å². The number of benzene rings is 1. The van der Waals surface area contributed by atoms with Crippen molar-refractivity contribution in [1.29, 1.82) is 5.26 Å². The predicted octanol–water partition coefficient (Wildman–Crippen LogP) is 4.25. The molecule has 7 heteroatoms. The number of anilines is 1. The monoisotopic (exact) mass is 349 g/mol. The van der Waals surface area contributed by atoms with E-state index in [2.05, 4.69) is 16.4 Å². The van der Waals surface area contributed by atoms with Crippen molar-refractivity contribution < 1.29 is 9.53 Å². The first-order valence-electron chi connectivity index (χ1n) is 6.65. The summed E-state index contributed by atoms with van der Waals surface area (Å²) in [5.74, 6) is 0.864. The maximum absolute atomic E-state index is 10.7. The normalized spacial score (nSPS) is 11.4. The number of nitrogens with one attached hydrogen (secondary N) is 1. The Morgan fingerprint density at radius 3 is 2.70 bits per heavy atom. The number of halogens is 2. The number of hydrogen-bond donors (Lipinski definition) is 1. The van der Waals surface area contributed by atoms with E-state index in [0.717, 1.165) is 0 Å². The van der Waals surface area contributed by atoms with Crippen molar-refractivity contribution in [3.63, 3.8) is 0 Å². The van der Waals surface area contributed by atoms with Gasteiger partial charge in [0.1, 0.15) is 17.6 Å². The Kier molecular flexibility index (Phi) is 5.43. The standard InChI is InChI=1S/C16H13Cl2N3O2/c1-9(21-16-14(18)3-10(8-22)7-20-16)13-5-12(17)4-11(6-19)15(13)23-2/h3-5,7-9H,1-2H3,(H,20,21)/t9-/m0/s1. The van der Waals surface area contributed by atoms with E-state index in [1.165, 1.54) is 19.4 Å². The predicted molar refractivity (Wildman–Crippen MR) is 89.4 cm³/mol. The van der Waals surface area contributed by atoms with Gasteiger partial charge < -0.3 is 10.1 Å². The molecule has 0 aliphatic heterocycles. The molecule has 0 unspecified atom stereocenters. The van der Waals surface area contributed by atoms with Crippen LogP contribution in [0.1, 0.15) is 34.5 Å². The van der Waals surface area contributed by atoms with E-state index < -0.39 is 0 Å². The molecule has 1 aromatic heterocycles. The number of rotatable bonds is 5. The highest BCUT2D eigenvalue weighted by atomic mass is 35.5. The average Bonchev–Trinajstić information content (AvgIpc) is 2.55. The molecule has 1 aromatic carbocycles. The molecule has 2 rings (SSSR count). The lowest BCUT2D eigenvalue weighted by atomic mass is 10.0. The molecule has 0 aliphatic carbocycles. The molecular formula is C16H13Cl2N3O2. The summed E-state index contributed by atoms with van der Waals surface area (Å²) >= 11 is 12.2. The minimum Gasteiger partial charge on any atom is -0.495 e. The summed E-state index contributed by atoms with van der Waals surface area (Å²) < 4.78 is 5.33. The number of aldehydes is 1. The molecule has 5 nitrogen and oxygen atoms in total. The maximum Gasteiger partial charge on any atom is 0.151 e. The van der Waals surface area contributed by atoms with E-state index in [-0.39, 0.29) is 6.04 Å². The van der Waals surface area contributed by atoms with Crippen LogP contribution in [0.5, 0.6) is 5.75 Å². The molecule has 0 spiro atoms. The highest BCUT2D eigenvalue weighted by Gasteiger charge is 2.18. The average molecular weight is 350 g/mol. The summed E-state index contributed by atoms with van der Waals surface area (Å²) in [6.07, 6.45) is 2.09. The highest BCUT2D eigenvalue weighted by molar-refractivity contribution is 6.33. The van der Waals surface area contributed by atoms with Gasteiger partial charge in [-0.1, -0.05) is 23.2 Å². The van der Waals surface area contributed by atoms with Crippen molar-refractivity contribution in [1.82, 2.24) is 4.98 Å². The van der Waals surface area contributed by atoms with Gasteiger partial charge in [0.15, 0.2) is 6.29 Å². The van der Waals surface area contributed by atoms with Crippen LogP contribution < -0.4 is 10.1 Å². The first kappa shape index (κ1) is 17.1. The summed E-state index contributed by atoms with van der Waals surface area (Å²) in [6, 6.07) is 6.56. The van der Waals surface area contributed by atoms with Crippen LogP contribution in [0.3, 0.4) is 0 Å². The molecule has 1 atom stereocenters. The fraction of sp³-hybridized carbons (Fsp3) is 0.188. The van der Waals surface area contributed by atoms with Gasteiger partial charge in [-0.3, -0.25) is 4.79 Å². The van der Waals surface area contributed by atoms with E-state index in [1.807, 2.05) is 6.92 Å². The lowest BCUT2D eigenvalue weighted by Gasteiger charge is -2.19. The summed E-state index contributed by atoms with van der Waals surface area (Å²) in [5.41, 5.74) is 1.44. The fourth-order valence-electron chi connectivity index (χ4n) is 2.15. The molecule has 1 heterocycles. The Morgan fingerprint density at radius 2 is 2.13 bits per heavy atom.